The monoisotopic (exact) mass is 603 g/mol. The van der Waals surface area contributed by atoms with Crippen LogP contribution in [0.15, 0.2) is 77.7 Å². The van der Waals surface area contributed by atoms with E-state index in [0.29, 0.717) is 34.3 Å². The summed E-state index contributed by atoms with van der Waals surface area (Å²) in [7, 11) is -4.13. The molecule has 3 aromatic rings. The highest BCUT2D eigenvalue weighted by molar-refractivity contribution is 7.92. The van der Waals surface area contributed by atoms with Crippen LogP contribution in [0.5, 0.6) is 0 Å². The minimum Gasteiger partial charge on any atom is -0.354 e. The molecule has 0 bridgehead atoms. The minimum absolute atomic E-state index is 0.0554. The number of aryl methyl sites for hydroxylation is 1. The number of hydrogen-bond donors (Lipinski definition) is 1. The van der Waals surface area contributed by atoms with Gasteiger partial charge in [0.15, 0.2) is 0 Å². The van der Waals surface area contributed by atoms with Crippen molar-refractivity contribution in [3.8, 4) is 0 Å². The molecule has 0 saturated heterocycles. The van der Waals surface area contributed by atoms with Crippen LogP contribution in [-0.2, 0) is 26.2 Å². The fourth-order valence-corrected chi connectivity index (χ4v) is 6.17. The summed E-state index contributed by atoms with van der Waals surface area (Å²) in [4.78, 5) is 28.8. The van der Waals surface area contributed by atoms with Crippen molar-refractivity contribution in [2.75, 3.05) is 17.4 Å². The molecular weight excluding hydrogens is 569 g/mol. The highest BCUT2D eigenvalue weighted by Crippen LogP contribution is 2.28. The number of carbonyl (C=O) groups is 2. The van der Waals surface area contributed by atoms with Gasteiger partial charge in [0, 0.05) is 28.7 Å². The number of carbonyl (C=O) groups excluding carboxylic acids is 2. The molecule has 0 radical (unpaired) electrons. The molecule has 3 rings (SSSR count). The van der Waals surface area contributed by atoms with Crippen LogP contribution >= 0.6 is 23.2 Å². The van der Waals surface area contributed by atoms with Gasteiger partial charge in [-0.05, 0) is 56.2 Å². The zero-order valence-corrected chi connectivity index (χ0v) is 25.3. The van der Waals surface area contributed by atoms with Crippen molar-refractivity contribution in [2.45, 2.75) is 57.5 Å². The lowest BCUT2D eigenvalue weighted by Gasteiger charge is -2.33. The van der Waals surface area contributed by atoms with E-state index < -0.39 is 28.5 Å². The van der Waals surface area contributed by atoms with Gasteiger partial charge in [-0.3, -0.25) is 13.9 Å². The van der Waals surface area contributed by atoms with Crippen molar-refractivity contribution in [3.63, 3.8) is 0 Å². The molecular formula is C30H35Cl2N3O4S. The molecule has 1 N–H and O–H groups in total. The maximum atomic E-state index is 14.1. The molecule has 0 aliphatic rings. The molecule has 40 heavy (non-hydrogen) atoms. The molecule has 3 aromatic carbocycles. The highest BCUT2D eigenvalue weighted by atomic mass is 35.5. The molecule has 0 aliphatic carbocycles. The first-order chi connectivity index (χ1) is 19.1. The van der Waals surface area contributed by atoms with Gasteiger partial charge >= 0.3 is 0 Å². The number of hydrogen-bond acceptors (Lipinski definition) is 4. The molecule has 0 spiro atoms. The van der Waals surface area contributed by atoms with Gasteiger partial charge in [0.2, 0.25) is 11.8 Å². The SMILES string of the molecule is CCCCNC(=O)C(CC)N(Cc1c(Cl)cccc1Cl)C(=O)CN(c1ccccc1)S(=O)(=O)c1ccc(C)cc1. The van der Waals surface area contributed by atoms with E-state index in [-0.39, 0.29) is 17.3 Å². The van der Waals surface area contributed by atoms with Gasteiger partial charge in [-0.25, -0.2) is 8.42 Å². The second-order valence-corrected chi connectivity index (χ2v) is 12.1. The molecule has 1 unspecified atom stereocenters. The zero-order chi connectivity index (χ0) is 29.3. The Morgan fingerprint density at radius 3 is 2.10 bits per heavy atom. The Morgan fingerprint density at radius 2 is 1.52 bits per heavy atom. The average molecular weight is 605 g/mol. The molecule has 0 aliphatic heterocycles. The number of benzene rings is 3. The largest absolute Gasteiger partial charge is 0.354 e. The number of halogens is 2. The van der Waals surface area contributed by atoms with E-state index in [0.717, 1.165) is 22.7 Å². The maximum Gasteiger partial charge on any atom is 0.264 e. The van der Waals surface area contributed by atoms with E-state index >= 15 is 0 Å². The third-order valence-electron chi connectivity index (χ3n) is 6.54. The van der Waals surface area contributed by atoms with Crippen molar-refractivity contribution in [2.24, 2.45) is 0 Å². The quantitative estimate of drug-likeness (QED) is 0.235. The number of nitrogens with zero attached hydrogens (tertiary/aromatic N) is 2. The van der Waals surface area contributed by atoms with Crippen molar-refractivity contribution in [1.29, 1.82) is 0 Å². The first-order valence-corrected chi connectivity index (χ1v) is 15.4. The summed E-state index contributed by atoms with van der Waals surface area (Å²) in [5, 5.41) is 3.59. The summed E-state index contributed by atoms with van der Waals surface area (Å²) >= 11 is 12.9. The van der Waals surface area contributed by atoms with Gasteiger partial charge < -0.3 is 10.2 Å². The summed E-state index contributed by atoms with van der Waals surface area (Å²) < 4.78 is 28.8. The Bertz CT molecular complexity index is 1380. The van der Waals surface area contributed by atoms with Crippen LogP contribution in [0.2, 0.25) is 10.0 Å². The molecule has 7 nitrogen and oxygen atoms in total. The second-order valence-electron chi connectivity index (χ2n) is 9.45. The van der Waals surface area contributed by atoms with E-state index in [4.69, 9.17) is 23.2 Å². The Kier molecular flexibility index (Phi) is 11.4. The average Bonchev–Trinajstić information content (AvgIpc) is 2.93. The van der Waals surface area contributed by atoms with Crippen LogP contribution in [0.3, 0.4) is 0 Å². The van der Waals surface area contributed by atoms with Crippen molar-refractivity contribution in [1.82, 2.24) is 10.2 Å². The summed E-state index contributed by atoms with van der Waals surface area (Å²) in [6, 6.07) is 19.0. The lowest BCUT2D eigenvalue weighted by atomic mass is 10.1. The molecule has 0 saturated carbocycles. The first kappa shape index (κ1) is 31.5. The number of nitrogens with one attached hydrogen (secondary N) is 1. The van der Waals surface area contributed by atoms with Gasteiger partial charge in [0.05, 0.1) is 10.6 Å². The molecule has 214 valence electrons. The van der Waals surface area contributed by atoms with Crippen LogP contribution in [0.4, 0.5) is 5.69 Å². The van der Waals surface area contributed by atoms with Gasteiger partial charge in [-0.1, -0.05) is 85.4 Å². The second kappa shape index (κ2) is 14.5. The van der Waals surface area contributed by atoms with E-state index in [1.54, 1.807) is 67.6 Å². The van der Waals surface area contributed by atoms with E-state index in [9.17, 15) is 18.0 Å². The lowest BCUT2D eigenvalue weighted by Crippen LogP contribution is -2.52. The van der Waals surface area contributed by atoms with E-state index in [1.165, 1.54) is 17.0 Å². The van der Waals surface area contributed by atoms with E-state index in [2.05, 4.69) is 5.32 Å². The van der Waals surface area contributed by atoms with Crippen molar-refractivity contribution < 1.29 is 18.0 Å². The Hall–Kier alpha value is -3.07. The van der Waals surface area contributed by atoms with Crippen molar-refractivity contribution in [3.05, 3.63) is 94.0 Å². The molecule has 0 heterocycles. The number of unbranched alkanes of at least 4 members (excludes halogenated alkanes) is 1. The highest BCUT2D eigenvalue weighted by Gasteiger charge is 2.34. The molecule has 2 amide bonds. The van der Waals surface area contributed by atoms with Crippen LogP contribution < -0.4 is 9.62 Å². The number of para-hydroxylation sites is 1. The van der Waals surface area contributed by atoms with E-state index in [1.807, 2.05) is 13.8 Å². The van der Waals surface area contributed by atoms with Gasteiger partial charge in [0.25, 0.3) is 10.0 Å². The molecule has 1 atom stereocenters. The smallest absolute Gasteiger partial charge is 0.264 e. The summed E-state index contributed by atoms with van der Waals surface area (Å²) in [5.74, 6) is -0.881. The molecule has 0 fully saturated rings. The van der Waals surface area contributed by atoms with Crippen LogP contribution in [0.25, 0.3) is 0 Å². The first-order valence-electron chi connectivity index (χ1n) is 13.2. The van der Waals surface area contributed by atoms with Gasteiger partial charge in [-0.2, -0.15) is 0 Å². The van der Waals surface area contributed by atoms with Crippen LogP contribution in [0.1, 0.15) is 44.2 Å². The molecule has 0 aromatic heterocycles. The Morgan fingerprint density at radius 1 is 0.900 bits per heavy atom. The fraction of sp³-hybridized carbons (Fsp3) is 0.333. The standard InChI is InChI=1S/C30H35Cl2N3O4S/c1-4-6-19-33-30(37)28(5-2)34(20-25-26(31)13-10-14-27(25)32)29(36)21-35(23-11-8-7-9-12-23)40(38,39)24-17-15-22(3)16-18-24/h7-18,28H,4-6,19-21H2,1-3H3,(H,33,37). The Labute approximate surface area is 247 Å². The number of sulfonamides is 1. The topological polar surface area (TPSA) is 86.8 Å². The van der Waals surface area contributed by atoms with Crippen LogP contribution in [0, 0.1) is 6.92 Å². The fourth-order valence-electron chi connectivity index (χ4n) is 4.24. The zero-order valence-electron chi connectivity index (χ0n) is 22.9. The number of anilines is 1. The number of amides is 2. The lowest BCUT2D eigenvalue weighted by molar-refractivity contribution is -0.140. The number of rotatable bonds is 13. The summed E-state index contributed by atoms with van der Waals surface area (Å²) in [5.41, 5.74) is 1.71. The summed E-state index contributed by atoms with van der Waals surface area (Å²) in [6.45, 7) is 5.56. The van der Waals surface area contributed by atoms with Gasteiger partial charge in [0.1, 0.15) is 12.6 Å². The normalized spacial score (nSPS) is 12.0. The maximum absolute atomic E-state index is 14.1. The Balaban J connectivity index is 2.05. The third-order valence-corrected chi connectivity index (χ3v) is 9.03. The minimum atomic E-state index is -4.13. The van der Waals surface area contributed by atoms with Crippen LogP contribution in [-0.4, -0.2) is 44.3 Å². The molecule has 10 heteroatoms. The summed E-state index contributed by atoms with van der Waals surface area (Å²) in [6.07, 6.45) is 2.00. The predicted molar refractivity (Wildman–Crippen MR) is 161 cm³/mol. The predicted octanol–water partition coefficient (Wildman–Crippen LogP) is 6.22. The third kappa shape index (κ3) is 7.77. The van der Waals surface area contributed by atoms with Gasteiger partial charge in [-0.15, -0.1) is 0 Å². The van der Waals surface area contributed by atoms with Crippen molar-refractivity contribution >= 4 is 50.7 Å².